The number of nitrogens with one attached hydrogen (secondary N) is 1. The summed E-state index contributed by atoms with van der Waals surface area (Å²) in [6.07, 6.45) is 0. The van der Waals surface area contributed by atoms with Crippen molar-refractivity contribution in [1.82, 2.24) is 4.90 Å². The molecule has 0 atom stereocenters. The quantitative estimate of drug-likeness (QED) is 0.806. The second-order valence-electron chi connectivity index (χ2n) is 4.39. The van der Waals surface area contributed by atoms with Gasteiger partial charge in [0, 0.05) is 7.05 Å². The highest BCUT2D eigenvalue weighted by Gasteiger charge is 2.18. The van der Waals surface area contributed by atoms with E-state index in [9.17, 15) is 14.4 Å². The Balaban J connectivity index is 2.84. The summed E-state index contributed by atoms with van der Waals surface area (Å²) in [4.78, 5) is 35.6. The summed E-state index contributed by atoms with van der Waals surface area (Å²) in [6.45, 7) is 3.38. The number of carbonyl (C=O) groups is 3. The molecule has 114 valence electrons. The molecule has 7 heteroatoms. The van der Waals surface area contributed by atoms with Crippen molar-refractivity contribution < 1.29 is 24.2 Å². The summed E-state index contributed by atoms with van der Waals surface area (Å²) in [5.41, 5.74) is 0.825. The first-order valence-corrected chi connectivity index (χ1v) is 6.37. The number of carbonyl (C=O) groups excluding carboxylic acids is 2. The topological polar surface area (TPSA) is 95.9 Å². The molecule has 0 saturated heterocycles. The van der Waals surface area contributed by atoms with E-state index < -0.39 is 18.0 Å². The number of likely N-dealkylation sites (N-methyl/N-ethyl adjacent to an activating group) is 1. The highest BCUT2D eigenvalue weighted by molar-refractivity contribution is 6.01. The number of anilines is 1. The fraction of sp³-hybridized carbons (Fsp3) is 0.357. The zero-order chi connectivity index (χ0) is 16.0. The highest BCUT2D eigenvalue weighted by Crippen LogP contribution is 2.20. The molecule has 1 rings (SSSR count). The number of nitrogens with zero attached hydrogens (tertiary/aromatic N) is 1. The van der Waals surface area contributed by atoms with Crippen LogP contribution in [-0.4, -0.2) is 48.2 Å². The second kappa shape index (κ2) is 7.28. The van der Waals surface area contributed by atoms with Crippen LogP contribution < -0.4 is 5.32 Å². The molecule has 0 saturated carbocycles. The van der Waals surface area contributed by atoms with Gasteiger partial charge in [-0.3, -0.25) is 4.79 Å². The van der Waals surface area contributed by atoms with Gasteiger partial charge in [0.25, 0.3) is 0 Å². The SMILES string of the molecule is CCOC(=O)CN(C)C(=O)Nc1c(C)cccc1C(=O)O. The average Bonchev–Trinajstić information content (AvgIpc) is 2.40. The molecule has 1 aromatic carbocycles. The van der Waals surface area contributed by atoms with E-state index in [-0.39, 0.29) is 24.4 Å². The van der Waals surface area contributed by atoms with E-state index >= 15 is 0 Å². The molecule has 2 N–H and O–H groups in total. The van der Waals surface area contributed by atoms with Crippen molar-refractivity contribution in [1.29, 1.82) is 0 Å². The van der Waals surface area contributed by atoms with Crippen LogP contribution in [0, 0.1) is 6.92 Å². The number of amides is 2. The van der Waals surface area contributed by atoms with Crippen LogP contribution in [-0.2, 0) is 9.53 Å². The fourth-order valence-corrected chi connectivity index (χ4v) is 1.69. The van der Waals surface area contributed by atoms with Gasteiger partial charge in [0.05, 0.1) is 17.9 Å². The number of hydrogen-bond acceptors (Lipinski definition) is 4. The first kappa shape index (κ1) is 16.5. The van der Waals surface area contributed by atoms with E-state index in [1.165, 1.54) is 13.1 Å². The number of esters is 1. The number of carboxylic acid groups (broad SMARTS) is 1. The van der Waals surface area contributed by atoms with Crippen molar-refractivity contribution in [3.05, 3.63) is 29.3 Å². The van der Waals surface area contributed by atoms with Gasteiger partial charge in [0.2, 0.25) is 0 Å². The number of aromatic carboxylic acids is 1. The molecule has 0 aliphatic heterocycles. The van der Waals surface area contributed by atoms with Crippen LogP contribution >= 0.6 is 0 Å². The molecule has 0 spiro atoms. The van der Waals surface area contributed by atoms with E-state index in [2.05, 4.69) is 5.32 Å². The third-order valence-corrected chi connectivity index (χ3v) is 2.75. The molecule has 7 nitrogen and oxygen atoms in total. The normalized spacial score (nSPS) is 9.86. The summed E-state index contributed by atoms with van der Waals surface area (Å²) in [7, 11) is 1.42. The lowest BCUT2D eigenvalue weighted by molar-refractivity contribution is -0.143. The minimum atomic E-state index is -1.14. The second-order valence-corrected chi connectivity index (χ2v) is 4.39. The van der Waals surface area contributed by atoms with Crippen LogP contribution in [0.4, 0.5) is 10.5 Å². The fourth-order valence-electron chi connectivity index (χ4n) is 1.69. The van der Waals surface area contributed by atoms with Gasteiger partial charge >= 0.3 is 18.0 Å². The maximum Gasteiger partial charge on any atom is 0.337 e. The Bertz CT molecular complexity index is 556. The number of hydrogen-bond donors (Lipinski definition) is 2. The van der Waals surface area contributed by atoms with Crippen LogP contribution in [0.25, 0.3) is 0 Å². The molecule has 0 unspecified atom stereocenters. The van der Waals surface area contributed by atoms with Crippen molar-refractivity contribution in [3.63, 3.8) is 0 Å². The van der Waals surface area contributed by atoms with Gasteiger partial charge < -0.3 is 20.1 Å². The standard InChI is InChI=1S/C14H18N2O5/c1-4-21-11(17)8-16(3)14(20)15-12-9(2)6-5-7-10(12)13(18)19/h5-7H,4,8H2,1-3H3,(H,15,20)(H,18,19). The Morgan fingerprint density at radius 3 is 2.57 bits per heavy atom. The molecular formula is C14H18N2O5. The Kier molecular flexibility index (Phi) is 5.71. The molecule has 0 heterocycles. The molecule has 0 radical (unpaired) electrons. The Morgan fingerprint density at radius 2 is 2.00 bits per heavy atom. The Morgan fingerprint density at radius 1 is 1.33 bits per heavy atom. The maximum absolute atomic E-state index is 12.0. The summed E-state index contributed by atoms with van der Waals surface area (Å²) >= 11 is 0. The molecule has 0 fully saturated rings. The summed E-state index contributed by atoms with van der Waals surface area (Å²) < 4.78 is 4.74. The van der Waals surface area contributed by atoms with Crippen LogP contribution in [0.15, 0.2) is 18.2 Å². The van der Waals surface area contributed by atoms with Gasteiger partial charge in [-0.25, -0.2) is 9.59 Å². The maximum atomic E-state index is 12.0. The van der Waals surface area contributed by atoms with Crippen molar-refractivity contribution in [3.8, 4) is 0 Å². The smallest absolute Gasteiger partial charge is 0.337 e. The summed E-state index contributed by atoms with van der Waals surface area (Å²) in [5.74, 6) is -1.67. The van der Waals surface area contributed by atoms with Crippen LogP contribution in [0.5, 0.6) is 0 Å². The first-order chi connectivity index (χ1) is 9.86. The molecule has 0 aliphatic rings. The van der Waals surface area contributed by atoms with Crippen LogP contribution in [0.3, 0.4) is 0 Å². The third-order valence-electron chi connectivity index (χ3n) is 2.75. The average molecular weight is 294 g/mol. The van der Waals surface area contributed by atoms with Crippen molar-refractivity contribution in [2.45, 2.75) is 13.8 Å². The number of benzene rings is 1. The zero-order valence-corrected chi connectivity index (χ0v) is 12.2. The monoisotopic (exact) mass is 294 g/mol. The molecule has 2 amide bonds. The van der Waals surface area contributed by atoms with Gasteiger partial charge in [-0.2, -0.15) is 0 Å². The van der Waals surface area contributed by atoms with Gasteiger partial charge in [0.1, 0.15) is 6.54 Å². The zero-order valence-electron chi connectivity index (χ0n) is 12.2. The molecule has 1 aromatic rings. The molecular weight excluding hydrogens is 276 g/mol. The number of carboxylic acids is 1. The first-order valence-electron chi connectivity index (χ1n) is 6.37. The van der Waals surface area contributed by atoms with Crippen molar-refractivity contribution in [2.75, 3.05) is 25.5 Å². The molecule has 21 heavy (non-hydrogen) atoms. The van der Waals surface area contributed by atoms with Crippen molar-refractivity contribution >= 4 is 23.7 Å². The summed E-state index contributed by atoms with van der Waals surface area (Å²) in [5, 5.41) is 11.6. The van der Waals surface area contributed by atoms with E-state index in [0.717, 1.165) is 4.90 Å². The summed E-state index contributed by atoms with van der Waals surface area (Å²) in [6, 6.07) is 4.10. The molecule has 0 aromatic heterocycles. The van der Waals surface area contributed by atoms with E-state index in [0.29, 0.717) is 5.56 Å². The Labute approximate surface area is 122 Å². The Hall–Kier alpha value is -2.57. The van der Waals surface area contributed by atoms with Gasteiger partial charge in [0.15, 0.2) is 0 Å². The minimum absolute atomic E-state index is 0.00659. The van der Waals surface area contributed by atoms with Crippen molar-refractivity contribution in [2.24, 2.45) is 0 Å². The lowest BCUT2D eigenvalue weighted by Gasteiger charge is -2.18. The minimum Gasteiger partial charge on any atom is -0.478 e. The van der Waals surface area contributed by atoms with Gasteiger partial charge in [-0.05, 0) is 25.5 Å². The van der Waals surface area contributed by atoms with E-state index in [1.807, 2.05) is 0 Å². The van der Waals surface area contributed by atoms with E-state index in [1.54, 1.807) is 26.0 Å². The number of rotatable bonds is 5. The third kappa shape index (κ3) is 4.48. The lowest BCUT2D eigenvalue weighted by atomic mass is 10.1. The predicted molar refractivity (Wildman–Crippen MR) is 76.4 cm³/mol. The van der Waals surface area contributed by atoms with E-state index in [4.69, 9.17) is 9.84 Å². The largest absolute Gasteiger partial charge is 0.478 e. The van der Waals surface area contributed by atoms with Crippen LogP contribution in [0.2, 0.25) is 0 Å². The molecule has 0 bridgehead atoms. The highest BCUT2D eigenvalue weighted by atomic mass is 16.5. The van der Waals surface area contributed by atoms with Gasteiger partial charge in [-0.15, -0.1) is 0 Å². The number of para-hydroxylation sites is 1. The number of urea groups is 1. The predicted octanol–water partition coefficient (Wildman–Crippen LogP) is 1.72. The number of ether oxygens (including phenoxy) is 1. The molecule has 0 aliphatic carbocycles. The van der Waals surface area contributed by atoms with Crippen LogP contribution in [0.1, 0.15) is 22.8 Å². The van der Waals surface area contributed by atoms with Gasteiger partial charge in [-0.1, -0.05) is 12.1 Å². The lowest BCUT2D eigenvalue weighted by Crippen LogP contribution is -2.36. The number of aryl methyl sites for hydroxylation is 1.